The first kappa shape index (κ1) is 28.2. The number of hydrogen-bond acceptors (Lipinski definition) is 2. The van der Waals surface area contributed by atoms with E-state index >= 15 is 0 Å². The summed E-state index contributed by atoms with van der Waals surface area (Å²) in [6.07, 6.45) is 0. The van der Waals surface area contributed by atoms with E-state index in [0.29, 0.717) is 5.66 Å². The third-order valence-corrected chi connectivity index (χ3v) is 5.30. The summed E-state index contributed by atoms with van der Waals surface area (Å²) in [6, 6.07) is 0. The maximum atomic E-state index is 9.85. The Morgan fingerprint density at radius 1 is 1.11 bits per heavy atom. The summed E-state index contributed by atoms with van der Waals surface area (Å²) in [5, 5.41) is 0. The van der Waals surface area contributed by atoms with Gasteiger partial charge in [0.2, 0.25) is 0 Å². The predicted molar refractivity (Wildman–Crippen MR) is 84.5 cm³/mol. The van der Waals surface area contributed by atoms with Gasteiger partial charge in [-0.2, -0.15) is 4.89 Å². The average Bonchev–Trinajstić information content (AvgIpc) is 2.19. The van der Waals surface area contributed by atoms with Crippen LogP contribution in [0.4, 0.5) is 0 Å². The molecule has 0 saturated carbocycles. The molecule has 3 nitrogen and oxygen atoms in total. The zero-order valence-electron chi connectivity index (χ0n) is 13.0. The molecule has 0 saturated heterocycles. The van der Waals surface area contributed by atoms with Crippen LogP contribution in [0.1, 0.15) is 41.5 Å². The molecule has 0 aromatic rings. The van der Waals surface area contributed by atoms with Crippen LogP contribution in [0.25, 0.3) is 0 Å². The quantitative estimate of drug-likeness (QED) is 0.707. The van der Waals surface area contributed by atoms with Crippen molar-refractivity contribution in [3.63, 3.8) is 0 Å². The Morgan fingerprint density at radius 2 is 1.28 bits per heavy atom. The fraction of sp³-hybridized carbons (Fsp3) is 1.00. The second kappa shape index (κ2) is 19.0. The van der Waals surface area contributed by atoms with Crippen LogP contribution in [0.5, 0.6) is 0 Å². The predicted octanol–water partition coefficient (Wildman–Crippen LogP) is 4.24. The van der Waals surface area contributed by atoms with E-state index in [4.69, 9.17) is 9.79 Å². The molecule has 18 heavy (non-hydrogen) atoms. The average molecular weight is 392 g/mol. The maximum absolute atomic E-state index is 9.85. The third kappa shape index (κ3) is 36.1. The molecular formula is C11H30O3P3Y+. The van der Waals surface area contributed by atoms with Crippen molar-refractivity contribution in [3.05, 3.63) is 0 Å². The third-order valence-electron chi connectivity index (χ3n) is 1.77. The molecule has 1 radical (unpaired) electrons. The van der Waals surface area contributed by atoms with E-state index in [-0.39, 0.29) is 38.4 Å². The summed E-state index contributed by atoms with van der Waals surface area (Å²) in [4.78, 5) is 16.8. The van der Waals surface area contributed by atoms with Crippen LogP contribution in [0.15, 0.2) is 0 Å². The van der Waals surface area contributed by atoms with Crippen LogP contribution >= 0.6 is 24.8 Å². The van der Waals surface area contributed by atoms with Gasteiger partial charge in [-0.3, -0.25) is 0 Å². The molecule has 3 atom stereocenters. The van der Waals surface area contributed by atoms with Crippen LogP contribution < -0.4 is 0 Å². The second-order valence-electron chi connectivity index (χ2n) is 4.51. The monoisotopic (exact) mass is 392 g/mol. The van der Waals surface area contributed by atoms with Crippen LogP contribution in [-0.2, 0) is 37.3 Å². The molecule has 0 spiro atoms. The Bertz CT molecular complexity index is 171. The summed E-state index contributed by atoms with van der Waals surface area (Å²) in [6.45, 7) is 16.0. The molecule has 0 aromatic carbocycles. The standard InChI is InChI=1S/C4H11OP.C4H11P.C3H7O2P.Y/c1-4(2)6(3)5;1-4(2)5-3;1-3(2)6(4)5;/h4-5H,1-3H3;4-5H,1-3H3;3H,1-2H3;/p+1. The van der Waals surface area contributed by atoms with Gasteiger partial charge in [-0.15, -0.1) is 8.58 Å². The first-order chi connectivity index (χ1) is 7.56. The van der Waals surface area contributed by atoms with E-state index in [1.165, 1.54) is 0 Å². The van der Waals surface area contributed by atoms with Crippen LogP contribution in [-0.4, -0.2) is 40.1 Å². The minimum absolute atomic E-state index is 0. The Hall–Kier alpha value is 1.98. The molecule has 0 aliphatic rings. The van der Waals surface area contributed by atoms with E-state index in [9.17, 15) is 4.57 Å². The normalized spacial score (nSPS) is 12.6. The molecule has 0 aliphatic heterocycles. The van der Waals surface area contributed by atoms with Gasteiger partial charge in [0.15, 0.2) is 5.66 Å². The van der Waals surface area contributed by atoms with Gasteiger partial charge in [-0.25, -0.2) is 0 Å². The Balaban J connectivity index is -0.0000000799. The van der Waals surface area contributed by atoms with Crippen LogP contribution in [0, 0.1) is 0 Å². The van der Waals surface area contributed by atoms with E-state index in [1.807, 2.05) is 20.5 Å². The van der Waals surface area contributed by atoms with Gasteiger partial charge in [-0.1, -0.05) is 27.7 Å². The molecule has 0 aliphatic carbocycles. The summed E-state index contributed by atoms with van der Waals surface area (Å²) in [5.41, 5.74) is 1.30. The van der Waals surface area contributed by atoms with Gasteiger partial charge in [-0.05, 0) is 43.1 Å². The van der Waals surface area contributed by atoms with E-state index in [0.717, 1.165) is 14.2 Å². The van der Waals surface area contributed by atoms with Gasteiger partial charge in [0.25, 0.3) is 0 Å². The fourth-order valence-electron chi connectivity index (χ4n) is 0. The SMILES string of the molecule is CC(C)P(C)O.CC(C)[P+](=O)O.CPC(C)C.[Y]. The molecule has 7 heteroatoms. The van der Waals surface area contributed by atoms with Gasteiger partial charge in [0, 0.05) is 40.9 Å². The largest absolute Gasteiger partial charge is 0.508 e. The minimum Gasteiger partial charge on any atom is -0.374 e. The molecule has 3 unspecified atom stereocenters. The first-order valence-corrected chi connectivity index (χ1v) is 10.5. The van der Waals surface area contributed by atoms with Crippen LogP contribution in [0.2, 0.25) is 0 Å². The molecule has 0 amide bonds. The number of hydrogen-bond donors (Lipinski definition) is 2. The van der Waals surface area contributed by atoms with Crippen molar-refractivity contribution in [3.8, 4) is 0 Å². The minimum atomic E-state index is -1.91. The maximum Gasteiger partial charge on any atom is 0.508 e. The second-order valence-corrected chi connectivity index (χ2v) is 10.1. The Kier molecular flexibility index (Phi) is 29.7. The van der Waals surface area contributed by atoms with Gasteiger partial charge >= 0.3 is 8.03 Å². The topological polar surface area (TPSA) is 57.5 Å². The van der Waals surface area contributed by atoms with Crippen molar-refractivity contribution in [2.24, 2.45) is 0 Å². The molecule has 0 heterocycles. The van der Waals surface area contributed by atoms with Gasteiger partial charge in [0.1, 0.15) is 0 Å². The van der Waals surface area contributed by atoms with Crippen molar-refractivity contribution in [2.45, 2.75) is 58.5 Å². The molecular weight excluding hydrogens is 362 g/mol. The zero-order valence-corrected chi connectivity index (χ0v) is 18.6. The summed E-state index contributed by atoms with van der Waals surface area (Å²) >= 11 is 0. The first-order valence-electron chi connectivity index (χ1n) is 5.80. The zero-order chi connectivity index (χ0) is 14.6. The van der Waals surface area contributed by atoms with Crippen molar-refractivity contribution >= 4 is 24.8 Å². The summed E-state index contributed by atoms with van der Waals surface area (Å²) in [5.74, 6) is 0. The van der Waals surface area contributed by atoms with Crippen molar-refractivity contribution in [2.75, 3.05) is 13.3 Å². The number of rotatable bonds is 3. The van der Waals surface area contributed by atoms with E-state index in [2.05, 4.69) is 20.5 Å². The van der Waals surface area contributed by atoms with Gasteiger partial charge < -0.3 is 4.89 Å². The molecule has 109 valence electrons. The molecule has 2 N–H and O–H groups in total. The van der Waals surface area contributed by atoms with E-state index < -0.39 is 16.2 Å². The molecule has 0 rings (SSSR count). The fourth-order valence-corrected chi connectivity index (χ4v) is 0. The Morgan fingerprint density at radius 3 is 1.28 bits per heavy atom. The van der Waals surface area contributed by atoms with Crippen molar-refractivity contribution in [1.29, 1.82) is 0 Å². The van der Waals surface area contributed by atoms with Crippen molar-refractivity contribution < 1.29 is 47.1 Å². The summed E-state index contributed by atoms with van der Waals surface area (Å²) in [7, 11) is -1.45. The molecule has 0 fully saturated rings. The molecule has 0 aromatic heterocycles. The van der Waals surface area contributed by atoms with Gasteiger partial charge in [0.05, 0.1) is 0 Å². The smallest absolute Gasteiger partial charge is 0.374 e. The van der Waals surface area contributed by atoms with E-state index in [1.54, 1.807) is 13.8 Å². The molecule has 0 bridgehead atoms. The van der Waals surface area contributed by atoms with Crippen molar-refractivity contribution in [1.82, 2.24) is 0 Å². The summed E-state index contributed by atoms with van der Waals surface area (Å²) < 4.78 is 9.85. The Labute approximate surface area is 143 Å². The van der Waals surface area contributed by atoms with Crippen LogP contribution in [0.3, 0.4) is 0 Å².